The number of benzene rings is 1. The molecule has 6 nitrogen and oxygen atoms in total. The minimum atomic E-state index is -0.654. The molecule has 0 saturated heterocycles. The molecule has 3 rings (SSSR count). The number of carbonyl (C=O) groups excluding carboxylic acids is 3. The van der Waals surface area contributed by atoms with E-state index < -0.39 is 18.4 Å². The SMILES string of the molecule is CCc1ccc(-c2nc(C(=O)OCC(=O)c3[nH]c(C)c(C(C)=O)c3C)cs2)cc1. The van der Waals surface area contributed by atoms with Gasteiger partial charge in [0, 0.05) is 22.2 Å². The first kappa shape index (κ1) is 20.7. The third-order valence-electron chi connectivity index (χ3n) is 4.73. The zero-order valence-electron chi connectivity index (χ0n) is 16.8. The number of aryl methyl sites for hydroxylation is 2. The molecule has 1 aromatic carbocycles. The molecule has 0 spiro atoms. The van der Waals surface area contributed by atoms with Gasteiger partial charge in [0.2, 0.25) is 5.78 Å². The molecule has 0 atom stereocenters. The van der Waals surface area contributed by atoms with Crippen LogP contribution in [-0.2, 0) is 11.2 Å². The van der Waals surface area contributed by atoms with Crippen molar-refractivity contribution in [1.29, 1.82) is 0 Å². The van der Waals surface area contributed by atoms with Gasteiger partial charge in [-0.05, 0) is 38.3 Å². The van der Waals surface area contributed by atoms with Crippen LogP contribution in [0.5, 0.6) is 0 Å². The Morgan fingerprint density at radius 3 is 2.41 bits per heavy atom. The molecule has 1 N–H and O–H groups in total. The first-order chi connectivity index (χ1) is 13.8. The third-order valence-corrected chi connectivity index (χ3v) is 5.62. The quantitative estimate of drug-likeness (QED) is 0.456. The highest BCUT2D eigenvalue weighted by molar-refractivity contribution is 7.13. The van der Waals surface area contributed by atoms with Gasteiger partial charge < -0.3 is 9.72 Å². The first-order valence-corrected chi connectivity index (χ1v) is 10.1. The number of nitrogens with zero attached hydrogens (tertiary/aromatic N) is 1. The Morgan fingerprint density at radius 1 is 1.14 bits per heavy atom. The standard InChI is InChI=1S/C22H22N2O4S/c1-5-15-6-8-16(9-7-15)21-24-17(11-29-21)22(27)28-10-18(26)20-12(2)19(14(4)25)13(3)23-20/h6-9,11,23H,5,10H2,1-4H3. The molecule has 0 aliphatic heterocycles. The van der Waals surface area contributed by atoms with E-state index in [2.05, 4.69) is 16.9 Å². The molecule has 7 heteroatoms. The summed E-state index contributed by atoms with van der Waals surface area (Å²) in [5.41, 5.74) is 4.31. The summed E-state index contributed by atoms with van der Waals surface area (Å²) < 4.78 is 5.15. The summed E-state index contributed by atoms with van der Waals surface area (Å²) >= 11 is 1.35. The number of rotatable bonds is 7. The molecule has 0 fully saturated rings. The van der Waals surface area contributed by atoms with Gasteiger partial charge in [0.25, 0.3) is 0 Å². The first-order valence-electron chi connectivity index (χ1n) is 9.27. The number of esters is 1. The van der Waals surface area contributed by atoms with E-state index >= 15 is 0 Å². The van der Waals surface area contributed by atoms with E-state index in [9.17, 15) is 14.4 Å². The molecule has 0 radical (unpaired) electrons. The fourth-order valence-corrected chi connectivity index (χ4v) is 4.01. The number of aromatic nitrogens is 2. The Labute approximate surface area is 172 Å². The van der Waals surface area contributed by atoms with Crippen LogP contribution < -0.4 is 0 Å². The van der Waals surface area contributed by atoms with Gasteiger partial charge in [-0.2, -0.15) is 0 Å². The molecule has 0 aliphatic rings. The van der Waals surface area contributed by atoms with Crippen molar-refractivity contribution >= 4 is 28.9 Å². The number of nitrogens with one attached hydrogen (secondary N) is 1. The second-order valence-electron chi connectivity index (χ2n) is 6.77. The number of hydrogen-bond donors (Lipinski definition) is 1. The number of aromatic amines is 1. The molecule has 0 amide bonds. The van der Waals surface area contributed by atoms with Crippen LogP contribution >= 0.6 is 11.3 Å². The van der Waals surface area contributed by atoms with Crippen molar-refractivity contribution in [3.63, 3.8) is 0 Å². The van der Waals surface area contributed by atoms with Crippen molar-refractivity contribution in [2.45, 2.75) is 34.1 Å². The lowest BCUT2D eigenvalue weighted by molar-refractivity contribution is 0.0468. The second kappa shape index (κ2) is 8.53. The van der Waals surface area contributed by atoms with Gasteiger partial charge in [-0.15, -0.1) is 11.3 Å². The summed E-state index contributed by atoms with van der Waals surface area (Å²) in [6.07, 6.45) is 0.956. The number of carbonyl (C=O) groups is 3. The molecule has 2 aromatic heterocycles. The highest BCUT2D eigenvalue weighted by Gasteiger charge is 2.21. The zero-order valence-corrected chi connectivity index (χ0v) is 17.6. The number of thiazole rings is 1. The number of ether oxygens (including phenoxy) is 1. The Balaban J connectivity index is 1.67. The van der Waals surface area contributed by atoms with Crippen LogP contribution in [0.4, 0.5) is 0 Å². The molecular weight excluding hydrogens is 388 g/mol. The van der Waals surface area contributed by atoms with E-state index in [1.807, 2.05) is 24.3 Å². The molecule has 0 saturated carbocycles. The summed E-state index contributed by atoms with van der Waals surface area (Å²) in [4.78, 5) is 43.7. The smallest absolute Gasteiger partial charge is 0.358 e. The van der Waals surface area contributed by atoms with Gasteiger partial charge in [0.15, 0.2) is 18.1 Å². The maximum atomic E-state index is 12.4. The summed E-state index contributed by atoms with van der Waals surface area (Å²) in [6, 6.07) is 8.01. The highest BCUT2D eigenvalue weighted by atomic mass is 32.1. The van der Waals surface area contributed by atoms with Gasteiger partial charge in [0.05, 0.1) is 5.69 Å². The predicted molar refractivity (Wildman–Crippen MR) is 112 cm³/mol. The lowest BCUT2D eigenvalue weighted by atomic mass is 10.1. The lowest BCUT2D eigenvalue weighted by Crippen LogP contribution is -2.15. The predicted octanol–water partition coefficient (Wildman–Crippen LogP) is 4.56. The summed E-state index contributed by atoms with van der Waals surface area (Å²) in [5, 5.41) is 2.33. The normalized spacial score (nSPS) is 10.8. The van der Waals surface area contributed by atoms with E-state index in [-0.39, 0.29) is 17.2 Å². The average molecular weight is 410 g/mol. The largest absolute Gasteiger partial charge is 0.452 e. The van der Waals surface area contributed by atoms with Crippen LogP contribution in [-0.4, -0.2) is 34.1 Å². The minimum Gasteiger partial charge on any atom is -0.452 e. The number of ketones is 2. The van der Waals surface area contributed by atoms with Gasteiger partial charge in [0.1, 0.15) is 5.01 Å². The summed E-state index contributed by atoms with van der Waals surface area (Å²) in [7, 11) is 0. The minimum absolute atomic E-state index is 0.116. The summed E-state index contributed by atoms with van der Waals surface area (Å²) in [6.45, 7) is 6.55. The van der Waals surface area contributed by atoms with Crippen molar-refractivity contribution in [3.05, 3.63) is 63.4 Å². The van der Waals surface area contributed by atoms with Crippen LogP contribution in [0.15, 0.2) is 29.6 Å². The maximum Gasteiger partial charge on any atom is 0.358 e. The Bertz CT molecular complexity index is 1080. The molecule has 0 unspecified atom stereocenters. The second-order valence-corrected chi connectivity index (χ2v) is 7.63. The van der Waals surface area contributed by atoms with Crippen LogP contribution in [0.1, 0.15) is 62.0 Å². The fourth-order valence-electron chi connectivity index (χ4n) is 3.22. The number of H-pyrrole nitrogens is 1. The zero-order chi connectivity index (χ0) is 21.1. The van der Waals surface area contributed by atoms with E-state index in [0.29, 0.717) is 21.8 Å². The molecule has 29 heavy (non-hydrogen) atoms. The average Bonchev–Trinajstić information content (AvgIpc) is 3.30. The van der Waals surface area contributed by atoms with Crippen molar-refractivity contribution in [3.8, 4) is 10.6 Å². The molecular formula is C22H22N2O4S. The van der Waals surface area contributed by atoms with E-state index in [1.165, 1.54) is 23.8 Å². The number of Topliss-reactive ketones (excluding diaryl/α,β-unsaturated/α-hetero) is 2. The maximum absolute atomic E-state index is 12.4. The Hall–Kier alpha value is -3.06. The Kier molecular flexibility index (Phi) is 6.08. The molecule has 0 bridgehead atoms. The summed E-state index contributed by atoms with van der Waals surface area (Å²) in [5.74, 6) is -1.16. The van der Waals surface area contributed by atoms with E-state index in [4.69, 9.17) is 4.74 Å². The van der Waals surface area contributed by atoms with E-state index in [0.717, 1.165) is 12.0 Å². The van der Waals surface area contributed by atoms with Crippen molar-refractivity contribution in [1.82, 2.24) is 9.97 Å². The van der Waals surface area contributed by atoms with Gasteiger partial charge in [-0.3, -0.25) is 9.59 Å². The molecule has 150 valence electrons. The Morgan fingerprint density at radius 2 is 1.83 bits per heavy atom. The van der Waals surface area contributed by atoms with Crippen molar-refractivity contribution in [2.24, 2.45) is 0 Å². The fraction of sp³-hybridized carbons (Fsp3) is 0.273. The third kappa shape index (κ3) is 4.35. The monoisotopic (exact) mass is 410 g/mol. The topological polar surface area (TPSA) is 89.1 Å². The van der Waals surface area contributed by atoms with E-state index in [1.54, 1.807) is 19.2 Å². The van der Waals surface area contributed by atoms with Crippen LogP contribution in [0.3, 0.4) is 0 Å². The number of hydrogen-bond acceptors (Lipinski definition) is 6. The molecule has 2 heterocycles. The van der Waals surface area contributed by atoms with Crippen LogP contribution in [0, 0.1) is 13.8 Å². The van der Waals surface area contributed by atoms with Crippen LogP contribution in [0.25, 0.3) is 10.6 Å². The highest BCUT2D eigenvalue weighted by Crippen LogP contribution is 2.25. The van der Waals surface area contributed by atoms with Gasteiger partial charge in [-0.1, -0.05) is 31.2 Å². The van der Waals surface area contributed by atoms with Crippen molar-refractivity contribution < 1.29 is 19.1 Å². The van der Waals surface area contributed by atoms with Crippen LogP contribution in [0.2, 0.25) is 0 Å². The molecule has 0 aliphatic carbocycles. The van der Waals surface area contributed by atoms with Gasteiger partial charge >= 0.3 is 5.97 Å². The van der Waals surface area contributed by atoms with Gasteiger partial charge in [-0.25, -0.2) is 9.78 Å². The molecule has 3 aromatic rings. The lowest BCUT2D eigenvalue weighted by Gasteiger charge is -2.03. The van der Waals surface area contributed by atoms with Crippen molar-refractivity contribution in [2.75, 3.05) is 6.61 Å².